The first-order valence-corrected chi connectivity index (χ1v) is 7.36. The molecule has 1 unspecified atom stereocenters. The molecule has 1 aromatic rings. The summed E-state index contributed by atoms with van der Waals surface area (Å²) in [5, 5.41) is 3.72. The van der Waals surface area contributed by atoms with E-state index in [2.05, 4.69) is 26.1 Å². The van der Waals surface area contributed by atoms with Crippen molar-refractivity contribution in [3.8, 4) is 0 Å². The van der Waals surface area contributed by atoms with Gasteiger partial charge in [-0.1, -0.05) is 13.8 Å². The fourth-order valence-electron chi connectivity index (χ4n) is 2.41. The number of thioether (sulfide) groups is 1. The molecule has 4 heteroatoms. The molecule has 0 amide bonds. The van der Waals surface area contributed by atoms with Crippen LogP contribution in [0, 0.1) is 6.92 Å². The van der Waals surface area contributed by atoms with E-state index < -0.39 is 0 Å². The predicted octanol–water partition coefficient (Wildman–Crippen LogP) is 3.52. The largest absolute Gasteiger partial charge is 0.373 e. The van der Waals surface area contributed by atoms with Crippen LogP contribution in [0.15, 0.2) is 0 Å². The van der Waals surface area contributed by atoms with Gasteiger partial charge in [0.2, 0.25) is 0 Å². The van der Waals surface area contributed by atoms with Crippen LogP contribution in [-0.4, -0.2) is 22.8 Å². The maximum atomic E-state index is 4.71. The lowest BCUT2D eigenvalue weighted by molar-refractivity contribution is 0.753. The Balaban J connectivity index is 2.40. The Labute approximate surface area is 108 Å². The molecular weight excluding hydrogens is 230 g/mol. The quantitative estimate of drug-likeness (QED) is 0.892. The summed E-state index contributed by atoms with van der Waals surface area (Å²) in [6, 6.07) is 0. The molecule has 0 aliphatic carbocycles. The van der Waals surface area contributed by atoms with E-state index >= 15 is 0 Å². The molecule has 94 valence electrons. The average Bonchev–Trinajstić information content (AvgIpc) is 2.80. The summed E-state index contributed by atoms with van der Waals surface area (Å²) in [7, 11) is 1.94. The Morgan fingerprint density at radius 2 is 2.12 bits per heavy atom. The zero-order valence-corrected chi connectivity index (χ0v) is 11.9. The van der Waals surface area contributed by atoms with Crippen LogP contribution in [-0.2, 0) is 0 Å². The van der Waals surface area contributed by atoms with Crippen LogP contribution < -0.4 is 5.32 Å². The number of anilines is 1. The van der Waals surface area contributed by atoms with Crippen LogP contribution in [0.3, 0.4) is 0 Å². The highest BCUT2D eigenvalue weighted by Gasteiger charge is 2.23. The van der Waals surface area contributed by atoms with Gasteiger partial charge in [-0.25, -0.2) is 9.97 Å². The summed E-state index contributed by atoms with van der Waals surface area (Å²) in [4.78, 5) is 9.43. The van der Waals surface area contributed by atoms with E-state index in [1.54, 1.807) is 0 Å². The molecule has 1 aliphatic rings. The average molecular weight is 251 g/mol. The number of rotatable bonds is 3. The minimum atomic E-state index is 0.461. The number of nitrogens with zero attached hydrogens (tertiary/aromatic N) is 2. The van der Waals surface area contributed by atoms with Gasteiger partial charge < -0.3 is 5.32 Å². The van der Waals surface area contributed by atoms with Gasteiger partial charge >= 0.3 is 0 Å². The summed E-state index contributed by atoms with van der Waals surface area (Å²) in [5.41, 5.74) is 2.38. The van der Waals surface area contributed by atoms with E-state index in [0.29, 0.717) is 11.2 Å². The lowest BCUT2D eigenvalue weighted by Crippen LogP contribution is -2.09. The standard InChI is InChI=1S/C13H21N3S/c1-8(2)11-9(3)15-12(16-13(11)14-4)10-6-5-7-17-10/h8,10H,5-7H2,1-4H3,(H,14,15,16). The maximum absolute atomic E-state index is 4.71. The number of aryl methyl sites for hydroxylation is 1. The van der Waals surface area contributed by atoms with Crippen molar-refractivity contribution in [3.05, 3.63) is 17.1 Å². The summed E-state index contributed by atoms with van der Waals surface area (Å²) in [6.07, 6.45) is 2.51. The minimum Gasteiger partial charge on any atom is -0.373 e. The molecule has 0 aromatic carbocycles. The zero-order valence-electron chi connectivity index (χ0n) is 11.1. The van der Waals surface area contributed by atoms with Gasteiger partial charge in [-0.05, 0) is 31.4 Å². The van der Waals surface area contributed by atoms with Gasteiger partial charge in [0.25, 0.3) is 0 Å². The van der Waals surface area contributed by atoms with Gasteiger partial charge in [-0.3, -0.25) is 0 Å². The molecule has 1 N–H and O–H groups in total. The van der Waals surface area contributed by atoms with Crippen LogP contribution in [0.2, 0.25) is 0 Å². The smallest absolute Gasteiger partial charge is 0.143 e. The van der Waals surface area contributed by atoms with Crippen molar-refractivity contribution in [2.75, 3.05) is 18.1 Å². The van der Waals surface area contributed by atoms with Crippen LogP contribution in [0.1, 0.15) is 54.9 Å². The fraction of sp³-hybridized carbons (Fsp3) is 0.692. The van der Waals surface area contributed by atoms with Gasteiger partial charge in [0, 0.05) is 18.3 Å². The van der Waals surface area contributed by atoms with Gasteiger partial charge in [-0.15, -0.1) is 0 Å². The lowest BCUT2D eigenvalue weighted by atomic mass is 10.0. The molecule has 1 aromatic heterocycles. The highest BCUT2D eigenvalue weighted by molar-refractivity contribution is 7.99. The third-order valence-corrected chi connectivity index (χ3v) is 4.56. The summed E-state index contributed by atoms with van der Waals surface area (Å²) >= 11 is 1.98. The van der Waals surface area contributed by atoms with Gasteiger partial charge in [0.1, 0.15) is 11.6 Å². The molecule has 1 aliphatic heterocycles. The van der Waals surface area contributed by atoms with Gasteiger partial charge in [0.05, 0.1) is 5.25 Å². The molecule has 3 nitrogen and oxygen atoms in total. The Hall–Kier alpha value is -0.770. The van der Waals surface area contributed by atoms with Crippen LogP contribution in [0.25, 0.3) is 0 Å². The van der Waals surface area contributed by atoms with E-state index in [1.165, 1.54) is 24.2 Å². The van der Waals surface area contributed by atoms with Crippen molar-refractivity contribution in [3.63, 3.8) is 0 Å². The number of hydrogen-bond donors (Lipinski definition) is 1. The topological polar surface area (TPSA) is 37.8 Å². The summed E-state index contributed by atoms with van der Waals surface area (Å²) < 4.78 is 0. The highest BCUT2D eigenvalue weighted by Crippen LogP contribution is 2.39. The SMILES string of the molecule is CNc1nc(C2CCCS2)nc(C)c1C(C)C. The molecule has 1 fully saturated rings. The van der Waals surface area contributed by atoms with E-state index in [1.807, 2.05) is 18.8 Å². The molecule has 1 saturated heterocycles. The zero-order chi connectivity index (χ0) is 12.4. The second-order valence-electron chi connectivity index (χ2n) is 4.84. The van der Waals surface area contributed by atoms with Crippen LogP contribution in [0.5, 0.6) is 0 Å². The van der Waals surface area contributed by atoms with E-state index in [0.717, 1.165) is 17.3 Å². The molecule has 2 rings (SSSR count). The third-order valence-electron chi connectivity index (χ3n) is 3.19. The Bertz CT molecular complexity index is 398. The molecular formula is C13H21N3S. The Kier molecular flexibility index (Phi) is 3.92. The molecule has 0 saturated carbocycles. The summed E-state index contributed by atoms with van der Waals surface area (Å²) in [6.45, 7) is 6.48. The van der Waals surface area contributed by atoms with Gasteiger partial charge in [-0.2, -0.15) is 11.8 Å². The number of hydrogen-bond acceptors (Lipinski definition) is 4. The molecule has 1 atom stereocenters. The van der Waals surface area contributed by atoms with Crippen molar-refractivity contribution in [1.29, 1.82) is 0 Å². The molecule has 0 bridgehead atoms. The van der Waals surface area contributed by atoms with E-state index in [9.17, 15) is 0 Å². The number of nitrogens with one attached hydrogen (secondary N) is 1. The second-order valence-corrected chi connectivity index (χ2v) is 6.15. The van der Waals surface area contributed by atoms with Crippen LogP contribution in [0.4, 0.5) is 5.82 Å². The summed E-state index contributed by atoms with van der Waals surface area (Å²) in [5.74, 6) is 3.73. The molecule has 0 spiro atoms. The van der Waals surface area contributed by atoms with Gasteiger partial charge in [0.15, 0.2) is 0 Å². The molecule has 17 heavy (non-hydrogen) atoms. The molecule has 2 heterocycles. The molecule has 0 radical (unpaired) electrons. The second kappa shape index (κ2) is 5.25. The van der Waals surface area contributed by atoms with Crippen molar-refractivity contribution in [2.24, 2.45) is 0 Å². The van der Waals surface area contributed by atoms with Crippen molar-refractivity contribution >= 4 is 17.6 Å². The monoisotopic (exact) mass is 251 g/mol. The predicted molar refractivity (Wildman–Crippen MR) is 74.8 cm³/mol. The van der Waals surface area contributed by atoms with Crippen molar-refractivity contribution in [1.82, 2.24) is 9.97 Å². The first-order chi connectivity index (χ1) is 8.13. The first kappa shape index (κ1) is 12.7. The van der Waals surface area contributed by atoms with Crippen molar-refractivity contribution < 1.29 is 0 Å². The maximum Gasteiger partial charge on any atom is 0.143 e. The van der Waals surface area contributed by atoms with Crippen molar-refractivity contribution in [2.45, 2.75) is 44.8 Å². The van der Waals surface area contributed by atoms with E-state index in [4.69, 9.17) is 9.97 Å². The third kappa shape index (κ3) is 2.57. The Morgan fingerprint density at radius 3 is 2.65 bits per heavy atom. The minimum absolute atomic E-state index is 0.461. The number of aromatic nitrogens is 2. The fourth-order valence-corrected chi connectivity index (χ4v) is 3.62. The first-order valence-electron chi connectivity index (χ1n) is 6.31. The Morgan fingerprint density at radius 1 is 1.35 bits per heavy atom. The highest BCUT2D eigenvalue weighted by atomic mass is 32.2. The normalized spacial score (nSPS) is 19.9. The van der Waals surface area contributed by atoms with E-state index in [-0.39, 0.29) is 0 Å². The lowest BCUT2D eigenvalue weighted by Gasteiger charge is -2.17. The van der Waals surface area contributed by atoms with Crippen LogP contribution >= 0.6 is 11.8 Å².